The Labute approximate surface area is 180 Å². The van der Waals surface area contributed by atoms with Crippen LogP contribution < -0.4 is 10.1 Å². The Kier molecular flexibility index (Phi) is 6.18. The summed E-state index contributed by atoms with van der Waals surface area (Å²) in [6, 6.07) is 21.0. The van der Waals surface area contributed by atoms with Gasteiger partial charge in [0.05, 0.1) is 18.0 Å². The summed E-state index contributed by atoms with van der Waals surface area (Å²) in [5.41, 5.74) is 3.99. The molecule has 0 aliphatic carbocycles. The summed E-state index contributed by atoms with van der Waals surface area (Å²) in [6.45, 7) is 2.43. The lowest BCUT2D eigenvalue weighted by Crippen LogP contribution is -2.09. The summed E-state index contributed by atoms with van der Waals surface area (Å²) < 4.78 is 7.37. The van der Waals surface area contributed by atoms with E-state index in [2.05, 4.69) is 10.3 Å². The van der Waals surface area contributed by atoms with Crippen LogP contribution in [0.15, 0.2) is 91.4 Å². The van der Waals surface area contributed by atoms with Gasteiger partial charge < -0.3 is 10.1 Å². The molecule has 1 N–H and O–H groups in total. The zero-order chi connectivity index (χ0) is 21.5. The second kappa shape index (κ2) is 9.54. The van der Waals surface area contributed by atoms with Crippen molar-refractivity contribution in [3.8, 4) is 22.7 Å². The molecule has 0 radical (unpaired) electrons. The number of amides is 1. The number of ether oxygens (including phenoxy) is 1. The Balaban J connectivity index is 1.62. The van der Waals surface area contributed by atoms with Gasteiger partial charge in [-0.25, -0.2) is 4.68 Å². The Morgan fingerprint density at radius 1 is 1.06 bits per heavy atom. The number of hydrogen-bond acceptors (Lipinski definition) is 4. The summed E-state index contributed by atoms with van der Waals surface area (Å²) in [4.78, 5) is 16.8. The van der Waals surface area contributed by atoms with E-state index in [0.717, 1.165) is 22.5 Å². The van der Waals surface area contributed by atoms with Crippen molar-refractivity contribution in [3.05, 3.63) is 97.0 Å². The number of para-hydroxylation sites is 3. The third-order valence-electron chi connectivity index (χ3n) is 4.56. The fourth-order valence-electron chi connectivity index (χ4n) is 3.14. The van der Waals surface area contributed by atoms with Gasteiger partial charge in [0.1, 0.15) is 11.4 Å². The van der Waals surface area contributed by atoms with E-state index in [1.165, 1.54) is 6.08 Å². The SMILES string of the molecule is CCOc1ccccc1NC(=O)/C=C/c1cn(-c2ccccc2)nc1-c1cccnc1. The molecule has 154 valence electrons. The minimum Gasteiger partial charge on any atom is -0.492 e. The van der Waals surface area contributed by atoms with Crippen molar-refractivity contribution >= 4 is 17.7 Å². The Morgan fingerprint density at radius 3 is 2.65 bits per heavy atom. The van der Waals surface area contributed by atoms with Crippen molar-refractivity contribution in [2.24, 2.45) is 0 Å². The van der Waals surface area contributed by atoms with E-state index >= 15 is 0 Å². The predicted octanol–water partition coefficient (Wildman–Crippen LogP) is 4.98. The lowest BCUT2D eigenvalue weighted by molar-refractivity contribution is -0.111. The lowest BCUT2D eigenvalue weighted by atomic mass is 10.1. The first kappa shape index (κ1) is 20.1. The lowest BCUT2D eigenvalue weighted by Gasteiger charge is -2.09. The maximum absolute atomic E-state index is 12.6. The van der Waals surface area contributed by atoms with E-state index in [-0.39, 0.29) is 5.91 Å². The molecule has 1 amide bonds. The van der Waals surface area contributed by atoms with Crippen molar-refractivity contribution in [2.75, 3.05) is 11.9 Å². The first-order valence-corrected chi connectivity index (χ1v) is 10.0. The normalized spacial score (nSPS) is 10.9. The first-order valence-electron chi connectivity index (χ1n) is 10.0. The smallest absolute Gasteiger partial charge is 0.248 e. The Hall–Kier alpha value is -4.19. The number of nitrogens with zero attached hydrogens (tertiary/aromatic N) is 3. The molecule has 2 heterocycles. The highest BCUT2D eigenvalue weighted by Crippen LogP contribution is 2.25. The first-order chi connectivity index (χ1) is 15.2. The molecule has 0 atom stereocenters. The van der Waals surface area contributed by atoms with Crippen molar-refractivity contribution in [1.29, 1.82) is 0 Å². The van der Waals surface area contributed by atoms with Crippen LogP contribution in [0.2, 0.25) is 0 Å². The summed E-state index contributed by atoms with van der Waals surface area (Å²) >= 11 is 0. The zero-order valence-electron chi connectivity index (χ0n) is 17.1. The molecule has 0 saturated carbocycles. The van der Waals surface area contributed by atoms with Crippen LogP contribution in [-0.4, -0.2) is 27.3 Å². The molecule has 2 aromatic heterocycles. The number of aromatic nitrogens is 3. The molecule has 31 heavy (non-hydrogen) atoms. The maximum Gasteiger partial charge on any atom is 0.248 e. The Bertz CT molecular complexity index is 1180. The van der Waals surface area contributed by atoms with Crippen LogP contribution in [-0.2, 0) is 4.79 Å². The monoisotopic (exact) mass is 410 g/mol. The van der Waals surface area contributed by atoms with E-state index < -0.39 is 0 Å². The van der Waals surface area contributed by atoms with Gasteiger partial charge in [-0.15, -0.1) is 0 Å². The van der Waals surface area contributed by atoms with Gasteiger partial charge in [-0.05, 0) is 49.4 Å². The topological polar surface area (TPSA) is 69.0 Å². The van der Waals surface area contributed by atoms with Gasteiger partial charge >= 0.3 is 0 Å². The van der Waals surface area contributed by atoms with Gasteiger partial charge in [0.15, 0.2) is 0 Å². The summed E-state index contributed by atoms with van der Waals surface area (Å²) in [5, 5.41) is 7.60. The Morgan fingerprint density at radius 2 is 1.87 bits per heavy atom. The van der Waals surface area contributed by atoms with E-state index in [0.29, 0.717) is 18.0 Å². The maximum atomic E-state index is 12.6. The zero-order valence-corrected chi connectivity index (χ0v) is 17.1. The second-order valence-electron chi connectivity index (χ2n) is 6.71. The molecule has 0 saturated heterocycles. The van der Waals surface area contributed by atoms with E-state index in [4.69, 9.17) is 9.84 Å². The van der Waals surface area contributed by atoms with E-state index in [1.54, 1.807) is 23.2 Å². The number of rotatable bonds is 7. The highest BCUT2D eigenvalue weighted by Gasteiger charge is 2.11. The number of carbonyl (C=O) groups is 1. The molecule has 4 rings (SSSR count). The number of benzene rings is 2. The molecule has 4 aromatic rings. The molecule has 0 bridgehead atoms. The highest BCUT2D eigenvalue weighted by atomic mass is 16.5. The largest absolute Gasteiger partial charge is 0.492 e. The van der Waals surface area contributed by atoms with Crippen molar-refractivity contribution in [1.82, 2.24) is 14.8 Å². The molecule has 0 fully saturated rings. The highest BCUT2D eigenvalue weighted by molar-refractivity contribution is 6.03. The summed E-state index contributed by atoms with van der Waals surface area (Å²) in [7, 11) is 0. The third-order valence-corrected chi connectivity index (χ3v) is 4.56. The average Bonchev–Trinajstić information content (AvgIpc) is 3.25. The van der Waals surface area contributed by atoms with Gasteiger partial charge in [-0.2, -0.15) is 5.10 Å². The van der Waals surface area contributed by atoms with E-state index in [9.17, 15) is 4.79 Å². The van der Waals surface area contributed by atoms with Gasteiger partial charge in [0.2, 0.25) is 5.91 Å². The van der Waals surface area contributed by atoms with Gasteiger partial charge in [0.25, 0.3) is 0 Å². The number of anilines is 1. The van der Waals surface area contributed by atoms with Crippen LogP contribution in [0.5, 0.6) is 5.75 Å². The molecule has 0 aliphatic rings. The van der Waals surface area contributed by atoms with Crippen molar-refractivity contribution < 1.29 is 9.53 Å². The quantitative estimate of drug-likeness (QED) is 0.436. The molecule has 2 aromatic carbocycles. The van der Waals surface area contributed by atoms with Crippen LogP contribution in [0, 0.1) is 0 Å². The molecule has 0 unspecified atom stereocenters. The minimum atomic E-state index is -0.253. The van der Waals surface area contributed by atoms with Gasteiger partial charge in [-0.1, -0.05) is 30.3 Å². The number of carbonyl (C=O) groups excluding carboxylic acids is 1. The molecule has 0 spiro atoms. The standard InChI is InChI=1S/C25H22N4O2/c1-2-31-23-13-7-6-12-22(23)27-24(30)15-14-20-18-29(21-10-4-3-5-11-21)28-25(20)19-9-8-16-26-17-19/h3-18H,2H2,1H3,(H,27,30)/b15-14+. The average molecular weight is 410 g/mol. The van der Waals surface area contributed by atoms with Crippen LogP contribution in [0.1, 0.15) is 12.5 Å². The number of hydrogen-bond donors (Lipinski definition) is 1. The number of pyridine rings is 1. The molecular formula is C25H22N4O2. The molecule has 0 aliphatic heterocycles. The van der Waals surface area contributed by atoms with Crippen LogP contribution in [0.25, 0.3) is 23.0 Å². The minimum absolute atomic E-state index is 0.253. The summed E-state index contributed by atoms with van der Waals surface area (Å²) in [6.07, 6.45) is 8.63. The third kappa shape index (κ3) is 4.87. The fraction of sp³-hybridized carbons (Fsp3) is 0.0800. The number of nitrogens with one attached hydrogen (secondary N) is 1. The summed E-state index contributed by atoms with van der Waals surface area (Å²) in [5.74, 6) is 0.386. The van der Waals surface area contributed by atoms with Crippen molar-refractivity contribution in [3.63, 3.8) is 0 Å². The molecule has 6 heteroatoms. The van der Waals surface area contributed by atoms with Crippen LogP contribution >= 0.6 is 0 Å². The van der Waals surface area contributed by atoms with Gasteiger partial charge in [0, 0.05) is 35.8 Å². The second-order valence-corrected chi connectivity index (χ2v) is 6.71. The van der Waals surface area contributed by atoms with Crippen LogP contribution in [0.4, 0.5) is 5.69 Å². The fourth-order valence-corrected chi connectivity index (χ4v) is 3.14. The molecule has 6 nitrogen and oxygen atoms in total. The van der Waals surface area contributed by atoms with Gasteiger partial charge in [-0.3, -0.25) is 9.78 Å². The molecular weight excluding hydrogens is 388 g/mol. The van der Waals surface area contributed by atoms with Crippen LogP contribution in [0.3, 0.4) is 0 Å². The predicted molar refractivity (Wildman–Crippen MR) is 122 cm³/mol. The van der Waals surface area contributed by atoms with E-state index in [1.807, 2.05) is 79.9 Å². The van der Waals surface area contributed by atoms with Crippen molar-refractivity contribution in [2.45, 2.75) is 6.92 Å².